The molecule has 0 saturated heterocycles. The SMILES string of the molecule is Cn1ccnc(O)c1=O. The standard InChI is InChI=1S/C5H6N2O2/c1-7-3-2-6-4(8)5(7)9/h2-3H,1H3,(H,6,8). The Morgan fingerprint density at radius 1 is 1.78 bits per heavy atom. The van der Waals surface area contributed by atoms with E-state index in [1.165, 1.54) is 17.0 Å². The molecule has 1 heterocycles. The number of rotatable bonds is 0. The second-order valence-electron chi connectivity index (χ2n) is 1.67. The van der Waals surface area contributed by atoms with E-state index in [9.17, 15) is 4.79 Å². The molecule has 0 saturated carbocycles. The first kappa shape index (κ1) is 5.81. The van der Waals surface area contributed by atoms with E-state index in [0.717, 1.165) is 0 Å². The van der Waals surface area contributed by atoms with Crippen LogP contribution in [0.25, 0.3) is 0 Å². The Balaban J connectivity index is 3.43. The van der Waals surface area contributed by atoms with Crippen molar-refractivity contribution in [3.05, 3.63) is 22.7 Å². The largest absolute Gasteiger partial charge is 0.489 e. The maximum absolute atomic E-state index is 10.6. The van der Waals surface area contributed by atoms with Crippen molar-refractivity contribution >= 4 is 0 Å². The number of nitrogens with zero attached hydrogens (tertiary/aromatic N) is 2. The van der Waals surface area contributed by atoms with Gasteiger partial charge in [0.1, 0.15) is 0 Å². The lowest BCUT2D eigenvalue weighted by molar-refractivity contribution is 0.438. The fraction of sp³-hybridized carbons (Fsp3) is 0.200. The molecular weight excluding hydrogens is 120 g/mol. The average molecular weight is 126 g/mol. The highest BCUT2D eigenvalue weighted by Crippen LogP contribution is 1.87. The Labute approximate surface area is 51.4 Å². The topological polar surface area (TPSA) is 55.1 Å². The van der Waals surface area contributed by atoms with Gasteiger partial charge in [0.05, 0.1) is 0 Å². The molecule has 0 radical (unpaired) electrons. The van der Waals surface area contributed by atoms with Crippen LogP contribution < -0.4 is 5.56 Å². The Morgan fingerprint density at radius 3 is 2.89 bits per heavy atom. The molecule has 1 aromatic rings. The minimum absolute atomic E-state index is 0.458. The lowest BCUT2D eigenvalue weighted by Gasteiger charge is -1.92. The van der Waals surface area contributed by atoms with Crippen molar-refractivity contribution in [2.24, 2.45) is 7.05 Å². The third kappa shape index (κ3) is 0.910. The molecule has 0 aliphatic carbocycles. The Hall–Kier alpha value is -1.32. The molecule has 0 bridgehead atoms. The molecule has 1 rings (SSSR count). The van der Waals surface area contributed by atoms with Gasteiger partial charge in [0, 0.05) is 19.4 Å². The lowest BCUT2D eigenvalue weighted by atomic mass is 10.7. The average Bonchev–Trinajstić information content (AvgIpc) is 1.83. The number of aromatic hydroxyl groups is 1. The zero-order valence-electron chi connectivity index (χ0n) is 4.90. The van der Waals surface area contributed by atoms with E-state index in [4.69, 9.17) is 5.11 Å². The smallest absolute Gasteiger partial charge is 0.312 e. The Morgan fingerprint density at radius 2 is 2.44 bits per heavy atom. The van der Waals surface area contributed by atoms with Crippen LogP contribution in [0.2, 0.25) is 0 Å². The summed E-state index contributed by atoms with van der Waals surface area (Å²) in [5, 5.41) is 8.66. The summed E-state index contributed by atoms with van der Waals surface area (Å²) in [6, 6.07) is 0. The first-order chi connectivity index (χ1) is 4.22. The quantitative estimate of drug-likeness (QED) is 0.509. The molecule has 4 nitrogen and oxygen atoms in total. The van der Waals surface area contributed by atoms with E-state index in [1.54, 1.807) is 7.05 Å². The van der Waals surface area contributed by atoms with Crippen LogP contribution >= 0.6 is 0 Å². The summed E-state index contributed by atoms with van der Waals surface area (Å²) < 4.78 is 1.25. The number of aromatic nitrogens is 2. The van der Waals surface area contributed by atoms with Crippen molar-refractivity contribution in [2.45, 2.75) is 0 Å². The van der Waals surface area contributed by atoms with E-state index in [2.05, 4.69) is 4.98 Å². The van der Waals surface area contributed by atoms with E-state index in [0.29, 0.717) is 0 Å². The van der Waals surface area contributed by atoms with E-state index < -0.39 is 11.4 Å². The van der Waals surface area contributed by atoms with Gasteiger partial charge in [0.2, 0.25) is 0 Å². The normalized spacial score (nSPS) is 9.44. The first-order valence-electron chi connectivity index (χ1n) is 2.42. The van der Waals surface area contributed by atoms with E-state index >= 15 is 0 Å². The van der Waals surface area contributed by atoms with Crippen LogP contribution in [0.15, 0.2) is 17.2 Å². The lowest BCUT2D eigenvalue weighted by Crippen LogP contribution is -2.15. The Bertz CT molecular complexity index is 243. The van der Waals surface area contributed by atoms with Gasteiger partial charge in [0.15, 0.2) is 0 Å². The highest BCUT2D eigenvalue weighted by atomic mass is 16.3. The molecule has 0 unspecified atom stereocenters. The van der Waals surface area contributed by atoms with Crippen LogP contribution in [-0.2, 0) is 7.05 Å². The summed E-state index contributed by atoms with van der Waals surface area (Å²) in [5.41, 5.74) is -0.475. The first-order valence-corrected chi connectivity index (χ1v) is 2.42. The number of hydrogen-bond acceptors (Lipinski definition) is 3. The fourth-order valence-electron chi connectivity index (χ4n) is 0.485. The van der Waals surface area contributed by atoms with Crippen molar-refractivity contribution < 1.29 is 5.11 Å². The molecule has 0 fully saturated rings. The molecule has 48 valence electrons. The molecule has 1 N–H and O–H groups in total. The molecule has 9 heavy (non-hydrogen) atoms. The highest BCUT2D eigenvalue weighted by Gasteiger charge is 1.95. The van der Waals surface area contributed by atoms with Gasteiger partial charge >= 0.3 is 5.56 Å². The van der Waals surface area contributed by atoms with Crippen LogP contribution in [0.5, 0.6) is 5.88 Å². The van der Waals surface area contributed by atoms with E-state index in [1.807, 2.05) is 0 Å². The highest BCUT2D eigenvalue weighted by molar-refractivity contribution is 5.00. The van der Waals surface area contributed by atoms with Gasteiger partial charge in [-0.05, 0) is 0 Å². The van der Waals surface area contributed by atoms with Crippen molar-refractivity contribution in [2.75, 3.05) is 0 Å². The van der Waals surface area contributed by atoms with Crippen molar-refractivity contribution in [1.29, 1.82) is 0 Å². The predicted octanol–water partition coefficient (Wildman–Crippen LogP) is -0.514. The minimum atomic E-state index is -0.475. The second-order valence-corrected chi connectivity index (χ2v) is 1.67. The molecule has 1 aromatic heterocycles. The number of hydrogen-bond donors (Lipinski definition) is 1. The van der Waals surface area contributed by atoms with E-state index in [-0.39, 0.29) is 0 Å². The van der Waals surface area contributed by atoms with Crippen molar-refractivity contribution in [1.82, 2.24) is 9.55 Å². The molecule has 0 aromatic carbocycles. The van der Waals surface area contributed by atoms with Gasteiger partial charge in [-0.15, -0.1) is 0 Å². The van der Waals surface area contributed by atoms with Gasteiger partial charge in [-0.2, -0.15) is 0 Å². The van der Waals surface area contributed by atoms with Crippen LogP contribution in [0, 0.1) is 0 Å². The maximum Gasteiger partial charge on any atom is 0.312 e. The zero-order chi connectivity index (χ0) is 6.85. The summed E-state index contributed by atoms with van der Waals surface area (Å²) in [7, 11) is 1.55. The van der Waals surface area contributed by atoms with Gasteiger partial charge in [-0.25, -0.2) is 4.98 Å². The molecule has 4 heteroatoms. The maximum atomic E-state index is 10.6. The summed E-state index contributed by atoms with van der Waals surface area (Å²) in [6.45, 7) is 0. The molecular formula is C5H6N2O2. The summed E-state index contributed by atoms with van der Waals surface area (Å²) >= 11 is 0. The molecule has 0 aliphatic rings. The van der Waals surface area contributed by atoms with Crippen LogP contribution in [0.3, 0.4) is 0 Å². The third-order valence-corrected chi connectivity index (χ3v) is 0.999. The second kappa shape index (κ2) is 1.89. The summed E-state index contributed by atoms with van der Waals surface area (Å²) in [4.78, 5) is 14.0. The zero-order valence-corrected chi connectivity index (χ0v) is 4.90. The van der Waals surface area contributed by atoms with Gasteiger partial charge < -0.3 is 9.67 Å². The summed E-state index contributed by atoms with van der Waals surface area (Å²) in [5.74, 6) is -0.458. The van der Waals surface area contributed by atoms with Crippen molar-refractivity contribution in [3.8, 4) is 5.88 Å². The summed E-state index contributed by atoms with van der Waals surface area (Å²) in [6.07, 6.45) is 2.83. The fourth-order valence-corrected chi connectivity index (χ4v) is 0.485. The third-order valence-electron chi connectivity index (χ3n) is 0.999. The van der Waals surface area contributed by atoms with Crippen LogP contribution in [0.1, 0.15) is 0 Å². The van der Waals surface area contributed by atoms with Crippen molar-refractivity contribution in [3.63, 3.8) is 0 Å². The molecule has 0 spiro atoms. The van der Waals surface area contributed by atoms with Crippen LogP contribution in [0.4, 0.5) is 0 Å². The van der Waals surface area contributed by atoms with Gasteiger partial charge in [-0.3, -0.25) is 4.79 Å². The molecule has 0 aliphatic heterocycles. The van der Waals surface area contributed by atoms with Crippen LogP contribution in [-0.4, -0.2) is 14.7 Å². The predicted molar refractivity (Wildman–Crippen MR) is 31.1 cm³/mol. The van der Waals surface area contributed by atoms with Gasteiger partial charge in [-0.1, -0.05) is 0 Å². The number of aryl methyl sites for hydroxylation is 1. The molecule has 0 amide bonds. The minimum Gasteiger partial charge on any atom is -0.489 e. The van der Waals surface area contributed by atoms with Gasteiger partial charge in [0.25, 0.3) is 5.88 Å². The monoisotopic (exact) mass is 126 g/mol. The molecule has 0 atom stereocenters. The Kier molecular flexibility index (Phi) is 1.22.